The van der Waals surface area contributed by atoms with E-state index in [0.717, 1.165) is 49.6 Å². The van der Waals surface area contributed by atoms with Gasteiger partial charge in [0.1, 0.15) is 16.7 Å². The third-order valence-electron chi connectivity index (χ3n) is 10.7. The van der Waals surface area contributed by atoms with Gasteiger partial charge in [0.05, 0.1) is 11.6 Å². The summed E-state index contributed by atoms with van der Waals surface area (Å²) in [7, 11) is 0. The van der Waals surface area contributed by atoms with Crippen LogP contribution >= 0.6 is 0 Å². The van der Waals surface area contributed by atoms with Crippen molar-refractivity contribution in [2.45, 2.75) is 0 Å². The molecule has 0 amide bonds. The average Bonchev–Trinajstić information content (AvgIpc) is 3.82. The summed E-state index contributed by atoms with van der Waals surface area (Å²) in [5.74, 6) is 0. The molecular weight excluding hydrogens is 633 g/mol. The second kappa shape index (κ2) is 11.3. The van der Waals surface area contributed by atoms with Gasteiger partial charge >= 0.3 is 0 Å². The van der Waals surface area contributed by atoms with Crippen LogP contribution < -0.4 is 0 Å². The minimum atomic E-state index is 0.816. The predicted octanol–water partition coefficient (Wildman–Crippen LogP) is 14.5. The summed E-state index contributed by atoms with van der Waals surface area (Å²) in [6, 6.07) is 62.9. The Kier molecular flexibility index (Phi) is 6.28. The summed E-state index contributed by atoms with van der Waals surface area (Å²) in [6.45, 7) is 0. The molecule has 2 heteroatoms. The van der Waals surface area contributed by atoms with Gasteiger partial charge in [-0.2, -0.15) is 0 Å². The van der Waals surface area contributed by atoms with E-state index in [1.807, 2.05) is 6.26 Å². The Morgan fingerprint density at radius 3 is 1.67 bits per heavy atom. The maximum absolute atomic E-state index is 6.85. The number of benzene rings is 9. The SMILES string of the molecule is c1ccc(-c2ccccc2-c2c3ccccc3c(-c3cccc4c3oc3ccc5c(-c6ccc7ccccc7c6)coc5c34)c3ccccc23)cc1. The highest BCUT2D eigenvalue weighted by Crippen LogP contribution is 2.49. The van der Waals surface area contributed by atoms with Crippen LogP contribution in [0.25, 0.3) is 110 Å². The Bertz CT molecular complexity index is 3120. The van der Waals surface area contributed by atoms with Gasteiger partial charge in [-0.15, -0.1) is 0 Å². The third-order valence-corrected chi connectivity index (χ3v) is 10.7. The van der Waals surface area contributed by atoms with Crippen molar-refractivity contribution in [3.05, 3.63) is 182 Å². The summed E-state index contributed by atoms with van der Waals surface area (Å²) in [5.41, 5.74) is 11.9. The summed E-state index contributed by atoms with van der Waals surface area (Å²) < 4.78 is 13.3. The van der Waals surface area contributed by atoms with E-state index in [-0.39, 0.29) is 0 Å². The third kappa shape index (κ3) is 4.25. The van der Waals surface area contributed by atoms with Gasteiger partial charge in [0.15, 0.2) is 0 Å². The summed E-state index contributed by atoms with van der Waals surface area (Å²) in [6.07, 6.45) is 1.89. The molecule has 11 aromatic rings. The maximum Gasteiger partial charge on any atom is 0.146 e. The molecule has 0 aliphatic heterocycles. The van der Waals surface area contributed by atoms with Gasteiger partial charge in [-0.1, -0.05) is 158 Å². The molecular formula is C50H30O2. The van der Waals surface area contributed by atoms with Gasteiger partial charge in [0.2, 0.25) is 0 Å². The van der Waals surface area contributed by atoms with Gasteiger partial charge < -0.3 is 8.83 Å². The fraction of sp³-hybridized carbons (Fsp3) is 0. The molecule has 0 fully saturated rings. The highest BCUT2D eigenvalue weighted by molar-refractivity contribution is 6.26. The number of para-hydroxylation sites is 1. The van der Waals surface area contributed by atoms with Crippen molar-refractivity contribution in [1.29, 1.82) is 0 Å². The predicted molar refractivity (Wildman–Crippen MR) is 218 cm³/mol. The van der Waals surface area contributed by atoms with E-state index in [1.54, 1.807) is 0 Å². The molecule has 0 aliphatic rings. The lowest BCUT2D eigenvalue weighted by Gasteiger charge is -2.19. The first-order chi connectivity index (χ1) is 25.8. The van der Waals surface area contributed by atoms with Crippen molar-refractivity contribution < 1.29 is 8.83 Å². The van der Waals surface area contributed by atoms with Crippen LogP contribution in [0, 0.1) is 0 Å². The zero-order valence-electron chi connectivity index (χ0n) is 28.1. The molecule has 0 bridgehead atoms. The zero-order valence-corrected chi connectivity index (χ0v) is 28.1. The molecule has 2 nitrogen and oxygen atoms in total. The average molecular weight is 663 g/mol. The number of hydrogen-bond donors (Lipinski definition) is 0. The van der Waals surface area contributed by atoms with Crippen molar-refractivity contribution in [3.63, 3.8) is 0 Å². The monoisotopic (exact) mass is 662 g/mol. The molecule has 11 rings (SSSR count). The van der Waals surface area contributed by atoms with Crippen LogP contribution in [0.15, 0.2) is 191 Å². The summed E-state index contributed by atoms with van der Waals surface area (Å²) in [4.78, 5) is 0. The van der Waals surface area contributed by atoms with Crippen molar-refractivity contribution >= 4 is 65.2 Å². The molecule has 0 N–H and O–H groups in total. The summed E-state index contributed by atoms with van der Waals surface area (Å²) in [5, 5.41) is 10.4. The van der Waals surface area contributed by atoms with E-state index in [1.165, 1.54) is 60.1 Å². The number of fused-ring (bicyclic) bond motifs is 8. The molecule has 0 atom stereocenters. The van der Waals surface area contributed by atoms with Crippen LogP contribution in [-0.2, 0) is 0 Å². The van der Waals surface area contributed by atoms with E-state index < -0.39 is 0 Å². The van der Waals surface area contributed by atoms with E-state index in [2.05, 4.69) is 176 Å². The molecule has 0 unspecified atom stereocenters. The first-order valence-electron chi connectivity index (χ1n) is 17.7. The smallest absolute Gasteiger partial charge is 0.146 e. The number of furan rings is 2. The Hall–Kier alpha value is -6.90. The highest BCUT2D eigenvalue weighted by atomic mass is 16.3. The molecule has 0 saturated heterocycles. The molecule has 0 radical (unpaired) electrons. The van der Waals surface area contributed by atoms with Crippen molar-refractivity contribution in [1.82, 2.24) is 0 Å². The largest absolute Gasteiger partial charge is 0.463 e. The molecule has 9 aromatic carbocycles. The highest BCUT2D eigenvalue weighted by Gasteiger charge is 2.23. The Morgan fingerprint density at radius 2 is 0.923 bits per heavy atom. The fourth-order valence-electron chi connectivity index (χ4n) is 8.43. The molecule has 0 aliphatic carbocycles. The van der Waals surface area contributed by atoms with Crippen LogP contribution in [0.2, 0.25) is 0 Å². The lowest BCUT2D eigenvalue weighted by molar-refractivity contribution is 0.619. The lowest BCUT2D eigenvalue weighted by Crippen LogP contribution is -1.92. The first kappa shape index (κ1) is 28.9. The van der Waals surface area contributed by atoms with Crippen LogP contribution in [0.1, 0.15) is 0 Å². The normalized spacial score (nSPS) is 11.8. The van der Waals surface area contributed by atoms with Gasteiger partial charge in [0.25, 0.3) is 0 Å². The minimum absolute atomic E-state index is 0.816. The van der Waals surface area contributed by atoms with Crippen molar-refractivity contribution in [2.75, 3.05) is 0 Å². The fourth-order valence-corrected chi connectivity index (χ4v) is 8.43. The Labute approximate surface area is 299 Å². The van der Waals surface area contributed by atoms with Crippen molar-refractivity contribution in [3.8, 4) is 44.5 Å². The molecule has 2 aromatic heterocycles. The molecule has 52 heavy (non-hydrogen) atoms. The number of hydrogen-bond acceptors (Lipinski definition) is 2. The van der Waals surface area contributed by atoms with Gasteiger partial charge in [-0.25, -0.2) is 0 Å². The second-order valence-corrected chi connectivity index (χ2v) is 13.6. The van der Waals surface area contributed by atoms with E-state index in [0.29, 0.717) is 0 Å². The summed E-state index contributed by atoms with van der Waals surface area (Å²) >= 11 is 0. The van der Waals surface area contributed by atoms with Gasteiger partial charge in [-0.05, 0) is 78.3 Å². The van der Waals surface area contributed by atoms with Gasteiger partial charge in [0, 0.05) is 27.5 Å². The maximum atomic E-state index is 6.85. The van der Waals surface area contributed by atoms with E-state index in [9.17, 15) is 0 Å². The quantitative estimate of drug-likeness (QED) is 0.175. The Morgan fingerprint density at radius 1 is 0.327 bits per heavy atom. The van der Waals surface area contributed by atoms with E-state index >= 15 is 0 Å². The van der Waals surface area contributed by atoms with Crippen molar-refractivity contribution in [2.24, 2.45) is 0 Å². The molecule has 2 heterocycles. The molecule has 0 spiro atoms. The Balaban J connectivity index is 1.17. The zero-order chi connectivity index (χ0) is 34.2. The molecule has 0 saturated carbocycles. The van der Waals surface area contributed by atoms with Crippen LogP contribution in [0.4, 0.5) is 0 Å². The van der Waals surface area contributed by atoms with Crippen LogP contribution in [0.3, 0.4) is 0 Å². The number of rotatable bonds is 4. The lowest BCUT2D eigenvalue weighted by atomic mass is 9.83. The second-order valence-electron chi connectivity index (χ2n) is 13.6. The van der Waals surface area contributed by atoms with Crippen LogP contribution in [0.5, 0.6) is 0 Å². The van der Waals surface area contributed by atoms with Crippen LogP contribution in [-0.4, -0.2) is 0 Å². The topological polar surface area (TPSA) is 26.3 Å². The minimum Gasteiger partial charge on any atom is -0.463 e. The van der Waals surface area contributed by atoms with Gasteiger partial charge in [-0.3, -0.25) is 0 Å². The standard InChI is InChI=1S/C50H30O2/c1-2-14-32(15-3-1)35-17-6-7-18-36(35)46-37-19-8-10-21-39(37)47(40-22-11-9-20-38(40)46)42-23-12-24-43-48-45(52-49(42)43)28-27-41-44(30-51-50(41)48)34-26-25-31-13-4-5-16-33(31)29-34/h1-30H. The molecule has 242 valence electrons. The van der Waals surface area contributed by atoms with E-state index in [4.69, 9.17) is 8.83 Å². The first-order valence-corrected chi connectivity index (χ1v) is 17.7.